The number of rotatable bonds is 2. The molecule has 5 heteroatoms. The van der Waals surface area contributed by atoms with Crippen molar-refractivity contribution in [2.45, 2.75) is 38.3 Å². The van der Waals surface area contributed by atoms with Crippen molar-refractivity contribution >= 4 is 39.7 Å². The van der Waals surface area contributed by atoms with E-state index in [-0.39, 0.29) is 29.9 Å². The number of hydrogen-bond acceptors (Lipinski definition) is 3. The van der Waals surface area contributed by atoms with Crippen LogP contribution >= 0.6 is 23.7 Å². The summed E-state index contributed by atoms with van der Waals surface area (Å²) < 4.78 is 1.18. The summed E-state index contributed by atoms with van der Waals surface area (Å²) in [6.07, 6.45) is 2.41. The van der Waals surface area contributed by atoms with Gasteiger partial charge in [-0.2, -0.15) is 0 Å². The smallest absolute Gasteiger partial charge is 0.251 e. The van der Waals surface area contributed by atoms with Gasteiger partial charge in [-0.1, -0.05) is 6.07 Å². The molecular weight excluding hydrogens is 328 g/mol. The second kappa shape index (κ2) is 6.08. The number of carbonyl (C=O) groups excluding carboxylic acids is 1. The normalized spacial score (nSPS) is 28.3. The summed E-state index contributed by atoms with van der Waals surface area (Å²) in [6.45, 7) is 6.88. The zero-order valence-electron chi connectivity index (χ0n) is 13.5. The Balaban J connectivity index is 0.00000156. The molecule has 3 saturated heterocycles. The van der Waals surface area contributed by atoms with Gasteiger partial charge < -0.3 is 5.32 Å². The zero-order valence-corrected chi connectivity index (χ0v) is 15.2. The molecule has 1 aromatic carbocycles. The van der Waals surface area contributed by atoms with Gasteiger partial charge in [0.2, 0.25) is 0 Å². The molecule has 1 amide bonds. The highest BCUT2D eigenvalue weighted by molar-refractivity contribution is 7.17. The highest BCUT2D eigenvalue weighted by Gasteiger charge is 2.48. The lowest BCUT2D eigenvalue weighted by molar-refractivity contribution is -0.0378. The van der Waals surface area contributed by atoms with E-state index in [1.54, 1.807) is 11.3 Å². The number of nitrogens with zero attached hydrogens (tertiary/aromatic N) is 1. The Bertz CT molecular complexity index is 719. The molecule has 3 aliphatic rings. The van der Waals surface area contributed by atoms with Gasteiger partial charge in [-0.05, 0) is 74.7 Å². The van der Waals surface area contributed by atoms with E-state index in [4.69, 9.17) is 0 Å². The molecule has 23 heavy (non-hydrogen) atoms. The molecule has 1 atom stereocenters. The minimum Gasteiger partial charge on any atom is -0.347 e. The van der Waals surface area contributed by atoms with Crippen LogP contribution in [0.2, 0.25) is 0 Å². The third-order valence-electron chi connectivity index (χ3n) is 5.59. The van der Waals surface area contributed by atoms with Crippen molar-refractivity contribution in [3.8, 4) is 0 Å². The highest BCUT2D eigenvalue weighted by atomic mass is 35.5. The molecule has 3 fully saturated rings. The van der Waals surface area contributed by atoms with E-state index in [9.17, 15) is 4.79 Å². The molecule has 3 nitrogen and oxygen atoms in total. The van der Waals surface area contributed by atoms with Crippen LogP contribution in [0.15, 0.2) is 29.6 Å². The summed E-state index contributed by atoms with van der Waals surface area (Å²) in [5.74, 6) is 0.691. The summed E-state index contributed by atoms with van der Waals surface area (Å²) >= 11 is 1.69. The van der Waals surface area contributed by atoms with Gasteiger partial charge in [0, 0.05) is 21.8 Å². The maximum atomic E-state index is 12.7. The van der Waals surface area contributed by atoms with Crippen LogP contribution in [-0.4, -0.2) is 35.5 Å². The van der Waals surface area contributed by atoms with Crippen molar-refractivity contribution in [3.05, 3.63) is 35.2 Å². The van der Waals surface area contributed by atoms with Crippen molar-refractivity contribution in [1.82, 2.24) is 10.2 Å². The Morgan fingerprint density at radius 3 is 2.70 bits per heavy atom. The van der Waals surface area contributed by atoms with E-state index in [1.165, 1.54) is 36.0 Å². The van der Waals surface area contributed by atoms with Crippen molar-refractivity contribution < 1.29 is 4.79 Å². The third kappa shape index (κ3) is 2.77. The Hall–Kier alpha value is -1.10. The molecule has 2 bridgehead atoms. The lowest BCUT2D eigenvalue weighted by atomic mass is 9.72. The third-order valence-corrected chi connectivity index (χ3v) is 6.47. The Morgan fingerprint density at radius 1 is 1.26 bits per heavy atom. The van der Waals surface area contributed by atoms with Crippen LogP contribution in [0.4, 0.5) is 0 Å². The standard InChI is InChI=1S/C18H22N2OS.ClH/c1-18(2)16(13-5-8-20(18)9-6-13)19-17(21)14-4-3-12-7-10-22-15(12)11-14;/h3-4,7,10-11,13,16H,5-6,8-9H2,1-2H3,(H,19,21);1H. The van der Waals surface area contributed by atoms with E-state index in [2.05, 4.69) is 35.5 Å². The topological polar surface area (TPSA) is 32.3 Å². The Labute approximate surface area is 147 Å². The first-order valence-electron chi connectivity index (χ1n) is 8.09. The molecule has 5 rings (SSSR count). The van der Waals surface area contributed by atoms with Crippen molar-refractivity contribution in [2.75, 3.05) is 13.1 Å². The van der Waals surface area contributed by atoms with E-state index in [0.29, 0.717) is 5.92 Å². The van der Waals surface area contributed by atoms with Gasteiger partial charge >= 0.3 is 0 Å². The van der Waals surface area contributed by atoms with Gasteiger partial charge in [0.15, 0.2) is 0 Å². The number of fused-ring (bicyclic) bond motifs is 4. The molecule has 1 aromatic heterocycles. The molecule has 3 aliphatic heterocycles. The molecule has 0 saturated carbocycles. The SMILES string of the molecule is CC1(C)C(NC(=O)c2ccc3ccsc3c2)C2CCN1CC2.Cl. The number of piperidine rings is 3. The van der Waals surface area contributed by atoms with E-state index in [1.807, 2.05) is 18.2 Å². The van der Waals surface area contributed by atoms with Gasteiger partial charge in [0.1, 0.15) is 0 Å². The van der Waals surface area contributed by atoms with Crippen molar-refractivity contribution in [1.29, 1.82) is 0 Å². The van der Waals surface area contributed by atoms with Crippen molar-refractivity contribution in [3.63, 3.8) is 0 Å². The lowest BCUT2D eigenvalue weighted by Crippen LogP contribution is -2.69. The number of halogens is 1. The van der Waals surface area contributed by atoms with E-state index >= 15 is 0 Å². The fourth-order valence-electron chi connectivity index (χ4n) is 4.20. The summed E-state index contributed by atoms with van der Waals surface area (Å²) in [7, 11) is 0. The summed E-state index contributed by atoms with van der Waals surface area (Å²) in [4.78, 5) is 15.2. The fourth-order valence-corrected chi connectivity index (χ4v) is 5.03. The van der Waals surface area contributed by atoms with E-state index < -0.39 is 0 Å². The van der Waals surface area contributed by atoms with Crippen LogP contribution in [0.3, 0.4) is 0 Å². The first-order chi connectivity index (χ1) is 10.6. The lowest BCUT2D eigenvalue weighted by Gasteiger charge is -2.56. The Kier molecular flexibility index (Phi) is 4.43. The van der Waals surface area contributed by atoms with Crippen LogP contribution in [0.5, 0.6) is 0 Å². The minimum absolute atomic E-state index is 0. The molecule has 0 spiro atoms. The van der Waals surface area contributed by atoms with E-state index in [0.717, 1.165) is 5.56 Å². The second-order valence-electron chi connectivity index (χ2n) is 7.10. The Morgan fingerprint density at radius 2 is 2.00 bits per heavy atom. The first-order valence-corrected chi connectivity index (χ1v) is 8.97. The second-order valence-corrected chi connectivity index (χ2v) is 8.05. The number of carbonyl (C=O) groups is 1. The number of hydrogen-bond donors (Lipinski definition) is 1. The van der Waals surface area contributed by atoms with Gasteiger partial charge in [-0.15, -0.1) is 23.7 Å². The number of thiophene rings is 1. The zero-order chi connectivity index (χ0) is 15.3. The minimum atomic E-state index is 0. The van der Waals surface area contributed by atoms with Gasteiger partial charge in [0.05, 0.1) is 0 Å². The largest absolute Gasteiger partial charge is 0.347 e. The molecule has 0 radical (unpaired) electrons. The first kappa shape index (κ1) is 16.7. The van der Waals surface area contributed by atoms with Crippen LogP contribution in [0.1, 0.15) is 37.0 Å². The van der Waals surface area contributed by atoms with Gasteiger partial charge in [-0.25, -0.2) is 0 Å². The molecule has 1 N–H and O–H groups in total. The number of benzene rings is 1. The fraction of sp³-hybridized carbons (Fsp3) is 0.500. The molecule has 1 unspecified atom stereocenters. The molecule has 4 heterocycles. The summed E-state index contributed by atoms with van der Waals surface area (Å²) in [6, 6.07) is 8.35. The number of amides is 1. The van der Waals surface area contributed by atoms with Gasteiger partial charge in [-0.3, -0.25) is 9.69 Å². The van der Waals surface area contributed by atoms with Gasteiger partial charge in [0.25, 0.3) is 5.91 Å². The number of nitrogens with one attached hydrogen (secondary N) is 1. The average Bonchev–Trinajstić information content (AvgIpc) is 2.98. The van der Waals surface area contributed by atoms with Crippen molar-refractivity contribution in [2.24, 2.45) is 5.92 Å². The quantitative estimate of drug-likeness (QED) is 0.890. The molecule has 124 valence electrons. The monoisotopic (exact) mass is 350 g/mol. The predicted molar refractivity (Wildman–Crippen MR) is 98.7 cm³/mol. The summed E-state index contributed by atoms with van der Waals surface area (Å²) in [5.41, 5.74) is 0.839. The van der Waals surface area contributed by atoms with Crippen LogP contribution < -0.4 is 5.32 Å². The average molecular weight is 351 g/mol. The molecule has 0 aliphatic carbocycles. The maximum Gasteiger partial charge on any atom is 0.251 e. The predicted octanol–water partition coefficient (Wildman–Crippen LogP) is 3.93. The van der Waals surface area contributed by atoms with Crippen LogP contribution in [0.25, 0.3) is 10.1 Å². The maximum absolute atomic E-state index is 12.7. The molecule has 2 aromatic rings. The highest BCUT2D eigenvalue weighted by Crippen LogP contribution is 2.39. The summed E-state index contributed by atoms with van der Waals surface area (Å²) in [5, 5.41) is 6.62. The van der Waals surface area contributed by atoms with Crippen LogP contribution in [0, 0.1) is 5.92 Å². The molecular formula is C18H23ClN2OS. The van der Waals surface area contributed by atoms with Crippen LogP contribution in [-0.2, 0) is 0 Å².